The number of rotatable bonds is 10. The summed E-state index contributed by atoms with van der Waals surface area (Å²) in [6, 6.07) is 1.73. The molecular weight excluding hydrogens is 519 g/mol. The van der Waals surface area contributed by atoms with E-state index in [1.54, 1.807) is 20.8 Å². The molecule has 2 aromatic rings. The van der Waals surface area contributed by atoms with Crippen LogP contribution >= 0.6 is 0 Å². The SMILES string of the molecule is CCCCC(CC)Cn1c(O)c(C(=O)NC(C)(C)C)c(C)c(N=Nc2ccc(C(F)(F)F)cc2[N+](=O)[O-])c1=O. The summed E-state index contributed by atoms with van der Waals surface area (Å²) in [4.78, 5) is 37.0. The summed E-state index contributed by atoms with van der Waals surface area (Å²) in [7, 11) is 0. The van der Waals surface area contributed by atoms with Gasteiger partial charge in [-0.25, -0.2) is 0 Å². The topological polar surface area (TPSA) is 139 Å². The van der Waals surface area contributed by atoms with Crippen molar-refractivity contribution in [2.45, 2.75) is 85.5 Å². The molecule has 13 heteroatoms. The van der Waals surface area contributed by atoms with Crippen LogP contribution in [0.3, 0.4) is 0 Å². The number of pyridine rings is 1. The molecule has 2 N–H and O–H groups in total. The third-order valence-corrected chi connectivity index (χ3v) is 6.11. The van der Waals surface area contributed by atoms with Gasteiger partial charge in [-0.15, -0.1) is 10.2 Å². The minimum absolute atomic E-state index is 0.00410. The van der Waals surface area contributed by atoms with Crippen LogP contribution in [0.4, 0.5) is 30.2 Å². The normalized spacial score (nSPS) is 13.1. The fourth-order valence-corrected chi connectivity index (χ4v) is 3.98. The van der Waals surface area contributed by atoms with Gasteiger partial charge in [0.15, 0.2) is 11.4 Å². The van der Waals surface area contributed by atoms with E-state index < -0.39 is 50.9 Å². The van der Waals surface area contributed by atoms with E-state index >= 15 is 0 Å². The molecule has 39 heavy (non-hydrogen) atoms. The van der Waals surface area contributed by atoms with Gasteiger partial charge < -0.3 is 10.4 Å². The number of hydrogen-bond acceptors (Lipinski definition) is 7. The number of aromatic nitrogens is 1. The molecule has 1 aromatic heterocycles. The smallest absolute Gasteiger partial charge is 0.416 e. The molecule has 0 aliphatic rings. The number of benzene rings is 1. The lowest BCUT2D eigenvalue weighted by molar-refractivity contribution is -0.384. The maximum Gasteiger partial charge on any atom is 0.416 e. The summed E-state index contributed by atoms with van der Waals surface area (Å²) in [5, 5.41) is 32.8. The largest absolute Gasteiger partial charge is 0.494 e. The Labute approximate surface area is 224 Å². The molecule has 0 fully saturated rings. The van der Waals surface area contributed by atoms with Crippen LogP contribution in [0.25, 0.3) is 0 Å². The first kappa shape index (κ1) is 31.4. The number of nitro benzene ring substituents is 1. The Kier molecular flexibility index (Phi) is 9.99. The summed E-state index contributed by atoms with van der Waals surface area (Å²) in [6.07, 6.45) is -1.54. The van der Waals surface area contributed by atoms with Crippen LogP contribution in [0.1, 0.15) is 81.8 Å². The van der Waals surface area contributed by atoms with E-state index in [4.69, 9.17) is 0 Å². The zero-order valence-corrected chi connectivity index (χ0v) is 22.8. The number of nitro groups is 1. The molecule has 0 aliphatic carbocycles. The Morgan fingerprint density at radius 3 is 2.36 bits per heavy atom. The summed E-state index contributed by atoms with van der Waals surface area (Å²) in [5.41, 5.74) is -4.80. The van der Waals surface area contributed by atoms with E-state index in [1.165, 1.54) is 6.92 Å². The minimum atomic E-state index is -4.81. The zero-order chi connectivity index (χ0) is 29.7. The van der Waals surface area contributed by atoms with E-state index in [1.807, 2.05) is 13.8 Å². The molecule has 1 heterocycles. The number of carbonyl (C=O) groups is 1. The highest BCUT2D eigenvalue weighted by atomic mass is 19.4. The monoisotopic (exact) mass is 553 g/mol. The van der Waals surface area contributed by atoms with Crippen molar-refractivity contribution in [2.75, 3.05) is 0 Å². The lowest BCUT2D eigenvalue weighted by Gasteiger charge is -2.24. The molecule has 214 valence electrons. The van der Waals surface area contributed by atoms with Gasteiger partial charge in [0, 0.05) is 23.7 Å². The van der Waals surface area contributed by atoms with E-state index in [2.05, 4.69) is 15.5 Å². The summed E-state index contributed by atoms with van der Waals surface area (Å²) in [5.74, 6) is -1.23. The maximum absolute atomic E-state index is 13.5. The highest BCUT2D eigenvalue weighted by Gasteiger charge is 2.33. The highest BCUT2D eigenvalue weighted by molar-refractivity contribution is 5.99. The predicted octanol–water partition coefficient (Wildman–Crippen LogP) is 6.95. The first-order valence-corrected chi connectivity index (χ1v) is 12.6. The van der Waals surface area contributed by atoms with Crippen LogP contribution in [-0.4, -0.2) is 26.0 Å². The number of alkyl halides is 3. The second-order valence-electron chi connectivity index (χ2n) is 10.4. The maximum atomic E-state index is 13.5. The van der Waals surface area contributed by atoms with Gasteiger partial charge >= 0.3 is 6.18 Å². The Hall–Kier alpha value is -3.77. The Morgan fingerprint density at radius 2 is 1.85 bits per heavy atom. The second kappa shape index (κ2) is 12.4. The number of carbonyl (C=O) groups excluding carboxylic acids is 1. The number of halogens is 3. The van der Waals surface area contributed by atoms with E-state index in [0.717, 1.165) is 29.9 Å². The molecule has 10 nitrogen and oxygen atoms in total. The number of unbranched alkanes of at least 4 members (excludes halogenated alkanes) is 1. The van der Waals surface area contributed by atoms with Crippen molar-refractivity contribution in [1.29, 1.82) is 0 Å². The molecule has 0 saturated heterocycles. The lowest BCUT2D eigenvalue weighted by atomic mass is 9.98. The molecule has 1 atom stereocenters. The van der Waals surface area contributed by atoms with Crippen molar-refractivity contribution < 1.29 is 28.0 Å². The van der Waals surface area contributed by atoms with Crippen LogP contribution < -0.4 is 10.9 Å². The molecule has 0 spiro atoms. The summed E-state index contributed by atoms with van der Waals surface area (Å²) < 4.78 is 40.2. The van der Waals surface area contributed by atoms with Crippen molar-refractivity contribution in [3.63, 3.8) is 0 Å². The number of nitrogens with zero attached hydrogens (tertiary/aromatic N) is 4. The molecule has 0 bridgehead atoms. The molecule has 0 radical (unpaired) electrons. The first-order valence-electron chi connectivity index (χ1n) is 12.6. The van der Waals surface area contributed by atoms with Crippen LogP contribution in [0.5, 0.6) is 5.88 Å². The van der Waals surface area contributed by atoms with Gasteiger partial charge in [-0.2, -0.15) is 13.2 Å². The fourth-order valence-electron chi connectivity index (χ4n) is 3.98. The van der Waals surface area contributed by atoms with Gasteiger partial charge in [0.2, 0.25) is 5.88 Å². The number of azo groups is 1. The molecule has 1 amide bonds. The van der Waals surface area contributed by atoms with Crippen LogP contribution in [0.15, 0.2) is 33.2 Å². The summed E-state index contributed by atoms with van der Waals surface area (Å²) in [6.45, 7) is 10.6. The third kappa shape index (κ3) is 7.87. The molecule has 2 rings (SSSR count). The average Bonchev–Trinajstić information content (AvgIpc) is 2.81. The van der Waals surface area contributed by atoms with E-state index in [0.29, 0.717) is 18.6 Å². The van der Waals surface area contributed by atoms with E-state index in [9.17, 15) is 38.0 Å². The van der Waals surface area contributed by atoms with Crippen molar-refractivity contribution in [1.82, 2.24) is 9.88 Å². The molecule has 1 unspecified atom stereocenters. The van der Waals surface area contributed by atoms with Crippen LogP contribution in [-0.2, 0) is 12.7 Å². The summed E-state index contributed by atoms with van der Waals surface area (Å²) >= 11 is 0. The Bertz CT molecular complexity index is 1310. The number of amides is 1. The highest BCUT2D eigenvalue weighted by Crippen LogP contribution is 2.37. The Balaban J connectivity index is 2.75. The lowest BCUT2D eigenvalue weighted by Crippen LogP contribution is -2.41. The van der Waals surface area contributed by atoms with Gasteiger partial charge in [0.25, 0.3) is 17.2 Å². The standard InChI is InChI=1S/C26H34F3N5O5/c1-7-9-10-16(8-2)14-33-23(36)20(22(35)30-25(4,5)6)15(3)21(24(33)37)32-31-18-12-11-17(26(27,28)29)13-19(18)34(38)39/h11-13,16,36H,7-10,14H2,1-6H3,(H,30,35). The number of hydrogen-bond donors (Lipinski definition) is 2. The predicted molar refractivity (Wildman–Crippen MR) is 140 cm³/mol. The van der Waals surface area contributed by atoms with Crippen molar-refractivity contribution in [2.24, 2.45) is 16.1 Å². The zero-order valence-electron chi connectivity index (χ0n) is 22.8. The van der Waals surface area contributed by atoms with Gasteiger partial charge in [0.1, 0.15) is 5.56 Å². The molecular formula is C26H34F3N5O5. The van der Waals surface area contributed by atoms with Crippen molar-refractivity contribution in [3.8, 4) is 5.88 Å². The molecule has 1 aromatic carbocycles. The minimum Gasteiger partial charge on any atom is -0.494 e. The molecule has 0 saturated carbocycles. The first-order chi connectivity index (χ1) is 18.0. The van der Waals surface area contributed by atoms with Crippen LogP contribution in [0, 0.1) is 23.0 Å². The van der Waals surface area contributed by atoms with Gasteiger partial charge in [-0.1, -0.05) is 33.1 Å². The quantitative estimate of drug-likeness (QED) is 0.186. The number of nitrogens with one attached hydrogen (secondary N) is 1. The van der Waals surface area contributed by atoms with Gasteiger partial charge in [-0.3, -0.25) is 24.3 Å². The Morgan fingerprint density at radius 1 is 1.21 bits per heavy atom. The molecule has 0 aliphatic heterocycles. The second-order valence-corrected chi connectivity index (χ2v) is 10.4. The van der Waals surface area contributed by atoms with Crippen molar-refractivity contribution >= 4 is 23.0 Å². The van der Waals surface area contributed by atoms with Gasteiger partial charge in [-0.05, 0) is 52.2 Å². The fraction of sp³-hybridized carbons (Fsp3) is 0.538. The number of aromatic hydroxyl groups is 1. The van der Waals surface area contributed by atoms with Crippen molar-refractivity contribution in [3.05, 3.63) is 55.4 Å². The van der Waals surface area contributed by atoms with E-state index in [-0.39, 0.29) is 29.3 Å². The van der Waals surface area contributed by atoms with Crippen LogP contribution in [0.2, 0.25) is 0 Å². The van der Waals surface area contributed by atoms with Gasteiger partial charge in [0.05, 0.1) is 10.5 Å². The third-order valence-electron chi connectivity index (χ3n) is 6.11. The average molecular weight is 554 g/mol.